The largest absolute Gasteiger partial charge is 0.379 e. The molecule has 1 aromatic rings. The van der Waals surface area contributed by atoms with Gasteiger partial charge in [0.15, 0.2) is 0 Å². The van der Waals surface area contributed by atoms with Gasteiger partial charge < -0.3 is 10.1 Å². The molecule has 1 aliphatic carbocycles. The van der Waals surface area contributed by atoms with Crippen molar-refractivity contribution in [1.29, 1.82) is 0 Å². The highest BCUT2D eigenvalue weighted by Crippen LogP contribution is 2.27. The first-order chi connectivity index (χ1) is 10.2. The molecule has 0 bridgehead atoms. The van der Waals surface area contributed by atoms with Gasteiger partial charge in [0.25, 0.3) is 5.69 Å². The number of ether oxygens (including phenoxy) is 1. The summed E-state index contributed by atoms with van der Waals surface area (Å²) in [6.07, 6.45) is 6.10. The standard InChI is InChI=1S/C16H24N2O3/c1-2-9-17-15-10-14(7-8-16(15)18(19)20)12-21-11-13-5-3-4-6-13/h7-8,10,13,17H,2-6,9,11-12H2,1H3. The lowest BCUT2D eigenvalue weighted by Gasteiger charge is -2.11. The van der Waals surface area contributed by atoms with Crippen molar-refractivity contribution in [2.45, 2.75) is 45.6 Å². The minimum Gasteiger partial charge on any atom is -0.379 e. The van der Waals surface area contributed by atoms with Gasteiger partial charge in [0.1, 0.15) is 5.69 Å². The Bertz CT molecular complexity index is 471. The summed E-state index contributed by atoms with van der Waals surface area (Å²) < 4.78 is 5.77. The Kier molecular flexibility index (Phi) is 5.99. The van der Waals surface area contributed by atoms with Gasteiger partial charge in [-0.25, -0.2) is 0 Å². The average molecular weight is 292 g/mol. The maximum Gasteiger partial charge on any atom is 0.292 e. The van der Waals surface area contributed by atoms with E-state index in [4.69, 9.17) is 4.74 Å². The van der Waals surface area contributed by atoms with E-state index in [1.165, 1.54) is 25.7 Å². The second-order valence-corrected chi connectivity index (χ2v) is 5.70. The molecule has 0 aromatic heterocycles. The smallest absolute Gasteiger partial charge is 0.292 e. The summed E-state index contributed by atoms with van der Waals surface area (Å²) >= 11 is 0. The molecule has 0 amide bonds. The summed E-state index contributed by atoms with van der Waals surface area (Å²) in [4.78, 5) is 10.7. The van der Waals surface area contributed by atoms with E-state index in [1.54, 1.807) is 12.1 Å². The zero-order chi connectivity index (χ0) is 15.1. The second-order valence-electron chi connectivity index (χ2n) is 5.70. The van der Waals surface area contributed by atoms with Crippen LogP contribution in [-0.2, 0) is 11.3 Å². The first-order valence-electron chi connectivity index (χ1n) is 7.79. The Labute approximate surface area is 125 Å². The molecule has 0 spiro atoms. The topological polar surface area (TPSA) is 64.4 Å². The van der Waals surface area contributed by atoms with Crippen LogP contribution in [0, 0.1) is 16.0 Å². The Balaban J connectivity index is 1.93. The number of rotatable bonds is 8. The van der Waals surface area contributed by atoms with E-state index in [0.29, 0.717) is 18.2 Å². The van der Waals surface area contributed by atoms with Gasteiger partial charge in [-0.2, -0.15) is 0 Å². The average Bonchev–Trinajstić information content (AvgIpc) is 2.98. The third kappa shape index (κ3) is 4.70. The van der Waals surface area contributed by atoms with E-state index in [9.17, 15) is 10.1 Å². The van der Waals surface area contributed by atoms with E-state index in [2.05, 4.69) is 5.32 Å². The first-order valence-corrected chi connectivity index (χ1v) is 7.79. The predicted octanol–water partition coefficient (Wildman–Crippen LogP) is 4.12. The van der Waals surface area contributed by atoms with E-state index in [-0.39, 0.29) is 10.6 Å². The molecular weight excluding hydrogens is 268 g/mol. The molecule has 5 heteroatoms. The number of hydrogen-bond donors (Lipinski definition) is 1. The lowest BCUT2D eigenvalue weighted by atomic mass is 10.1. The lowest BCUT2D eigenvalue weighted by Crippen LogP contribution is -2.07. The highest BCUT2D eigenvalue weighted by molar-refractivity contribution is 5.62. The fourth-order valence-electron chi connectivity index (χ4n) is 2.75. The summed E-state index contributed by atoms with van der Waals surface area (Å²) in [6, 6.07) is 5.18. The van der Waals surface area contributed by atoms with Crippen molar-refractivity contribution in [1.82, 2.24) is 0 Å². The van der Waals surface area contributed by atoms with Crippen LogP contribution in [0.3, 0.4) is 0 Å². The highest BCUT2D eigenvalue weighted by Gasteiger charge is 2.16. The van der Waals surface area contributed by atoms with Gasteiger partial charge in [-0.05, 0) is 42.9 Å². The Morgan fingerprint density at radius 2 is 2.14 bits per heavy atom. The van der Waals surface area contributed by atoms with E-state index < -0.39 is 0 Å². The molecule has 1 N–H and O–H groups in total. The SMILES string of the molecule is CCCNc1cc(COCC2CCCC2)ccc1[N+](=O)[O-]. The molecule has 1 fully saturated rings. The van der Waals surface area contributed by atoms with Crippen LogP contribution in [0.5, 0.6) is 0 Å². The van der Waals surface area contributed by atoms with Crippen LogP contribution in [0.15, 0.2) is 18.2 Å². The third-order valence-electron chi connectivity index (χ3n) is 3.92. The Morgan fingerprint density at radius 3 is 2.81 bits per heavy atom. The van der Waals surface area contributed by atoms with Crippen LogP contribution >= 0.6 is 0 Å². The number of nitro benzene ring substituents is 1. The van der Waals surface area contributed by atoms with Crippen LogP contribution in [0.4, 0.5) is 11.4 Å². The number of nitrogens with zero attached hydrogens (tertiary/aromatic N) is 1. The van der Waals surface area contributed by atoms with Gasteiger partial charge in [-0.1, -0.05) is 19.8 Å². The Hall–Kier alpha value is -1.62. The molecular formula is C16H24N2O3. The molecule has 5 nitrogen and oxygen atoms in total. The van der Waals surface area contributed by atoms with Gasteiger partial charge >= 0.3 is 0 Å². The normalized spacial score (nSPS) is 15.3. The fourth-order valence-corrected chi connectivity index (χ4v) is 2.75. The van der Waals surface area contributed by atoms with E-state index in [0.717, 1.165) is 25.1 Å². The van der Waals surface area contributed by atoms with Crippen LogP contribution in [0.2, 0.25) is 0 Å². The van der Waals surface area contributed by atoms with Crippen LogP contribution in [0.25, 0.3) is 0 Å². The number of benzene rings is 1. The van der Waals surface area contributed by atoms with Crippen molar-refractivity contribution >= 4 is 11.4 Å². The Morgan fingerprint density at radius 1 is 1.38 bits per heavy atom. The summed E-state index contributed by atoms with van der Waals surface area (Å²) in [7, 11) is 0. The number of nitro groups is 1. The van der Waals surface area contributed by atoms with Gasteiger partial charge in [0.05, 0.1) is 11.5 Å². The molecule has 0 saturated heterocycles. The molecule has 0 radical (unpaired) electrons. The molecule has 1 aliphatic rings. The molecule has 0 unspecified atom stereocenters. The van der Waals surface area contributed by atoms with Gasteiger partial charge in [0.2, 0.25) is 0 Å². The number of nitrogens with one attached hydrogen (secondary N) is 1. The van der Waals surface area contributed by atoms with Crippen LogP contribution in [-0.4, -0.2) is 18.1 Å². The quantitative estimate of drug-likeness (QED) is 0.578. The van der Waals surface area contributed by atoms with Gasteiger partial charge in [-0.15, -0.1) is 0 Å². The monoisotopic (exact) mass is 292 g/mol. The molecule has 21 heavy (non-hydrogen) atoms. The number of anilines is 1. The predicted molar refractivity (Wildman–Crippen MR) is 83.5 cm³/mol. The fraction of sp³-hybridized carbons (Fsp3) is 0.625. The minimum absolute atomic E-state index is 0.128. The van der Waals surface area contributed by atoms with Crippen molar-refractivity contribution in [3.63, 3.8) is 0 Å². The summed E-state index contributed by atoms with van der Waals surface area (Å²) in [5.74, 6) is 0.695. The van der Waals surface area contributed by atoms with Crippen molar-refractivity contribution < 1.29 is 9.66 Å². The van der Waals surface area contributed by atoms with Gasteiger partial charge in [0, 0.05) is 19.2 Å². The maximum atomic E-state index is 11.0. The van der Waals surface area contributed by atoms with Crippen LogP contribution < -0.4 is 5.32 Å². The van der Waals surface area contributed by atoms with Crippen molar-refractivity contribution in [3.05, 3.63) is 33.9 Å². The van der Waals surface area contributed by atoms with E-state index >= 15 is 0 Å². The summed E-state index contributed by atoms with van der Waals surface area (Å²) in [6.45, 7) is 4.09. The summed E-state index contributed by atoms with van der Waals surface area (Å²) in [5.41, 5.74) is 1.70. The highest BCUT2D eigenvalue weighted by atomic mass is 16.6. The maximum absolute atomic E-state index is 11.0. The van der Waals surface area contributed by atoms with Gasteiger partial charge in [-0.3, -0.25) is 10.1 Å². The molecule has 2 rings (SSSR count). The number of hydrogen-bond acceptors (Lipinski definition) is 4. The van der Waals surface area contributed by atoms with Crippen molar-refractivity contribution in [3.8, 4) is 0 Å². The van der Waals surface area contributed by atoms with E-state index in [1.807, 2.05) is 13.0 Å². The third-order valence-corrected chi connectivity index (χ3v) is 3.92. The molecule has 1 saturated carbocycles. The molecule has 0 atom stereocenters. The zero-order valence-corrected chi connectivity index (χ0v) is 12.6. The molecule has 0 heterocycles. The zero-order valence-electron chi connectivity index (χ0n) is 12.6. The minimum atomic E-state index is -0.346. The first kappa shape index (κ1) is 15.8. The van der Waals surface area contributed by atoms with Crippen molar-refractivity contribution in [2.24, 2.45) is 5.92 Å². The molecule has 1 aromatic carbocycles. The summed E-state index contributed by atoms with van der Waals surface area (Å²) in [5, 5.41) is 14.1. The molecule has 116 valence electrons. The second kappa shape index (κ2) is 7.98. The molecule has 0 aliphatic heterocycles. The lowest BCUT2D eigenvalue weighted by molar-refractivity contribution is -0.384. The van der Waals surface area contributed by atoms with Crippen molar-refractivity contribution in [2.75, 3.05) is 18.5 Å². The van der Waals surface area contributed by atoms with Crippen LogP contribution in [0.1, 0.15) is 44.6 Å².